The molecule has 0 aromatic carbocycles. The van der Waals surface area contributed by atoms with Gasteiger partial charge < -0.3 is 9.72 Å². The second kappa shape index (κ2) is 5.68. The number of aromatic nitrogens is 5. The number of amides is 1. The normalized spacial score (nSPS) is 17.1. The van der Waals surface area contributed by atoms with Gasteiger partial charge in [-0.1, -0.05) is 11.3 Å². The van der Waals surface area contributed by atoms with Gasteiger partial charge in [0, 0.05) is 18.3 Å². The lowest BCUT2D eigenvalue weighted by Crippen LogP contribution is -2.24. The molecule has 2 aliphatic rings. The Bertz CT molecular complexity index is 934. The second-order valence-corrected chi connectivity index (χ2v) is 7.13. The number of nitrogens with zero attached hydrogens (tertiary/aromatic N) is 5. The lowest BCUT2D eigenvalue weighted by molar-refractivity contribution is -0.122. The molecular weight excluding hydrogens is 316 g/mol. The smallest absolute Gasteiger partial charge is 0.223 e. The van der Waals surface area contributed by atoms with Gasteiger partial charge in [-0.3, -0.25) is 4.79 Å². The Morgan fingerprint density at radius 2 is 2.00 bits per heavy atom. The average Bonchev–Trinajstić information content (AvgIpc) is 3.53. The molecule has 0 radical (unpaired) electrons. The molecule has 7 heteroatoms. The SMILES string of the molecule is O=C(NCc1cn(Cc2cn3cc(C4CC4)ccc3n2)nn1)C1CC1. The number of rotatable bonds is 6. The minimum atomic E-state index is 0.126. The Hall–Kier alpha value is -2.70. The van der Waals surface area contributed by atoms with E-state index in [-0.39, 0.29) is 11.8 Å². The first-order valence-corrected chi connectivity index (χ1v) is 8.89. The van der Waals surface area contributed by atoms with Crippen LogP contribution in [0.5, 0.6) is 0 Å². The number of fused-ring (bicyclic) bond motifs is 1. The quantitative estimate of drug-likeness (QED) is 0.745. The fourth-order valence-electron chi connectivity index (χ4n) is 3.13. The van der Waals surface area contributed by atoms with E-state index in [0.717, 1.165) is 35.8 Å². The maximum Gasteiger partial charge on any atom is 0.223 e. The molecular formula is C18H20N6O. The molecule has 0 saturated heterocycles. The van der Waals surface area contributed by atoms with Crippen LogP contribution in [-0.4, -0.2) is 30.3 Å². The van der Waals surface area contributed by atoms with Gasteiger partial charge >= 0.3 is 0 Å². The molecule has 2 aliphatic carbocycles. The third-order valence-corrected chi connectivity index (χ3v) is 4.87. The zero-order valence-corrected chi connectivity index (χ0v) is 13.9. The molecule has 3 aromatic heterocycles. The first-order valence-electron chi connectivity index (χ1n) is 8.89. The predicted octanol–water partition coefficient (Wildman–Crippen LogP) is 1.88. The molecule has 1 N–H and O–H groups in total. The van der Waals surface area contributed by atoms with Crippen molar-refractivity contribution < 1.29 is 4.79 Å². The van der Waals surface area contributed by atoms with E-state index >= 15 is 0 Å². The van der Waals surface area contributed by atoms with E-state index < -0.39 is 0 Å². The Balaban J connectivity index is 1.26. The fourth-order valence-corrected chi connectivity index (χ4v) is 3.13. The predicted molar refractivity (Wildman–Crippen MR) is 90.9 cm³/mol. The van der Waals surface area contributed by atoms with Gasteiger partial charge in [-0.15, -0.1) is 5.10 Å². The molecule has 0 atom stereocenters. The largest absolute Gasteiger partial charge is 0.350 e. The number of carbonyl (C=O) groups is 1. The van der Waals surface area contributed by atoms with Crippen LogP contribution in [0.3, 0.4) is 0 Å². The molecule has 3 aromatic rings. The Labute approximate surface area is 145 Å². The minimum absolute atomic E-state index is 0.126. The third-order valence-electron chi connectivity index (χ3n) is 4.87. The van der Waals surface area contributed by atoms with Crippen molar-refractivity contribution in [1.82, 2.24) is 29.7 Å². The monoisotopic (exact) mass is 336 g/mol. The van der Waals surface area contributed by atoms with E-state index in [2.05, 4.69) is 49.5 Å². The highest BCUT2D eigenvalue weighted by molar-refractivity contribution is 5.80. The first-order chi connectivity index (χ1) is 12.2. The number of nitrogens with one attached hydrogen (secondary N) is 1. The van der Waals surface area contributed by atoms with Crippen LogP contribution < -0.4 is 5.32 Å². The van der Waals surface area contributed by atoms with Crippen molar-refractivity contribution in [3.63, 3.8) is 0 Å². The van der Waals surface area contributed by atoms with Crippen LogP contribution in [-0.2, 0) is 17.9 Å². The van der Waals surface area contributed by atoms with Crippen molar-refractivity contribution in [2.75, 3.05) is 0 Å². The van der Waals surface area contributed by atoms with E-state index in [0.29, 0.717) is 13.1 Å². The first kappa shape index (κ1) is 14.6. The van der Waals surface area contributed by atoms with Crippen LogP contribution in [0.4, 0.5) is 0 Å². The number of hydrogen-bond donors (Lipinski definition) is 1. The Kier molecular flexibility index (Phi) is 3.33. The number of carbonyl (C=O) groups excluding carboxylic acids is 1. The number of pyridine rings is 1. The van der Waals surface area contributed by atoms with Crippen molar-refractivity contribution in [3.05, 3.63) is 47.7 Å². The van der Waals surface area contributed by atoms with Gasteiger partial charge in [0.25, 0.3) is 0 Å². The second-order valence-electron chi connectivity index (χ2n) is 7.13. The number of hydrogen-bond acceptors (Lipinski definition) is 4. The average molecular weight is 336 g/mol. The molecule has 2 fully saturated rings. The third kappa shape index (κ3) is 3.14. The fraction of sp³-hybridized carbons (Fsp3) is 0.444. The Morgan fingerprint density at radius 1 is 1.12 bits per heavy atom. The van der Waals surface area contributed by atoms with Crippen LogP contribution in [0, 0.1) is 5.92 Å². The molecule has 5 rings (SSSR count). The molecule has 2 saturated carbocycles. The lowest BCUT2D eigenvalue weighted by atomic mass is 10.2. The van der Waals surface area contributed by atoms with E-state index in [9.17, 15) is 4.79 Å². The highest BCUT2D eigenvalue weighted by Gasteiger charge is 2.29. The van der Waals surface area contributed by atoms with Gasteiger partial charge in [-0.25, -0.2) is 9.67 Å². The molecule has 1 amide bonds. The molecule has 3 heterocycles. The number of imidazole rings is 1. The topological polar surface area (TPSA) is 77.1 Å². The molecule has 0 bridgehead atoms. The zero-order valence-electron chi connectivity index (χ0n) is 13.9. The maximum absolute atomic E-state index is 11.7. The summed E-state index contributed by atoms with van der Waals surface area (Å²) >= 11 is 0. The lowest BCUT2D eigenvalue weighted by Gasteiger charge is -1.99. The van der Waals surface area contributed by atoms with Crippen molar-refractivity contribution in [2.45, 2.75) is 44.7 Å². The van der Waals surface area contributed by atoms with Crippen molar-refractivity contribution >= 4 is 11.6 Å². The van der Waals surface area contributed by atoms with Gasteiger partial charge in [0.05, 0.1) is 25.0 Å². The Morgan fingerprint density at radius 3 is 2.80 bits per heavy atom. The summed E-state index contributed by atoms with van der Waals surface area (Å²) in [5, 5.41) is 11.2. The highest BCUT2D eigenvalue weighted by atomic mass is 16.2. The summed E-state index contributed by atoms with van der Waals surface area (Å²) in [4.78, 5) is 16.3. The molecule has 7 nitrogen and oxygen atoms in total. The zero-order chi connectivity index (χ0) is 16.8. The van der Waals surface area contributed by atoms with Crippen LogP contribution in [0.1, 0.15) is 48.6 Å². The van der Waals surface area contributed by atoms with Crippen molar-refractivity contribution in [1.29, 1.82) is 0 Å². The molecule has 25 heavy (non-hydrogen) atoms. The summed E-state index contributed by atoms with van der Waals surface area (Å²) in [6.07, 6.45) is 10.7. The van der Waals surface area contributed by atoms with Gasteiger partial charge in [0.1, 0.15) is 11.3 Å². The van der Waals surface area contributed by atoms with E-state index in [4.69, 9.17) is 0 Å². The molecule has 0 aliphatic heterocycles. The van der Waals surface area contributed by atoms with E-state index in [1.54, 1.807) is 4.68 Å². The van der Waals surface area contributed by atoms with Crippen LogP contribution in [0.15, 0.2) is 30.7 Å². The summed E-state index contributed by atoms with van der Waals surface area (Å²) in [6.45, 7) is 1.01. The highest BCUT2D eigenvalue weighted by Crippen LogP contribution is 2.39. The van der Waals surface area contributed by atoms with Crippen LogP contribution >= 0.6 is 0 Å². The molecule has 0 unspecified atom stereocenters. The van der Waals surface area contributed by atoms with Gasteiger partial charge in [-0.2, -0.15) is 0 Å². The van der Waals surface area contributed by atoms with Crippen molar-refractivity contribution in [3.8, 4) is 0 Å². The van der Waals surface area contributed by atoms with Gasteiger partial charge in [-0.05, 0) is 43.2 Å². The summed E-state index contributed by atoms with van der Waals surface area (Å²) < 4.78 is 3.86. The maximum atomic E-state index is 11.7. The molecule has 0 spiro atoms. The minimum Gasteiger partial charge on any atom is -0.350 e. The van der Waals surface area contributed by atoms with E-state index in [1.165, 1.54) is 18.4 Å². The van der Waals surface area contributed by atoms with Gasteiger partial charge in [0.2, 0.25) is 5.91 Å². The van der Waals surface area contributed by atoms with Crippen LogP contribution in [0.25, 0.3) is 5.65 Å². The summed E-state index contributed by atoms with van der Waals surface area (Å²) in [6, 6.07) is 4.26. The van der Waals surface area contributed by atoms with Gasteiger partial charge in [0.15, 0.2) is 0 Å². The van der Waals surface area contributed by atoms with Crippen LogP contribution in [0.2, 0.25) is 0 Å². The summed E-state index contributed by atoms with van der Waals surface area (Å²) in [5.41, 5.74) is 4.07. The summed E-state index contributed by atoms with van der Waals surface area (Å²) in [5.74, 6) is 1.08. The summed E-state index contributed by atoms with van der Waals surface area (Å²) in [7, 11) is 0. The molecule has 128 valence electrons. The van der Waals surface area contributed by atoms with E-state index in [1.807, 2.05) is 6.20 Å². The standard InChI is InChI=1S/C18H20N6O/c25-18(13-3-4-13)19-7-15-10-24(22-21-15)11-16-9-23-8-14(12-1-2-12)5-6-17(23)20-16/h5-6,8-10,12-13H,1-4,7,11H2,(H,19,25). The van der Waals surface area contributed by atoms with Crippen molar-refractivity contribution in [2.24, 2.45) is 5.92 Å².